The number of carbonyl (C=O) groups is 1. The van der Waals surface area contributed by atoms with E-state index in [4.69, 9.17) is 26.5 Å². The number of amides is 1. The van der Waals surface area contributed by atoms with Gasteiger partial charge in [-0.1, -0.05) is 48.0 Å². The number of aliphatic imine (C=N–C) groups is 1. The van der Waals surface area contributed by atoms with E-state index in [1.807, 2.05) is 25.1 Å². The molecule has 0 saturated carbocycles. The molecule has 3 aromatic carbocycles. The minimum Gasteiger partial charge on any atom is -0.490 e. The predicted octanol–water partition coefficient (Wildman–Crippen LogP) is 6.89. The Morgan fingerprint density at radius 3 is 2.68 bits per heavy atom. The van der Waals surface area contributed by atoms with Crippen molar-refractivity contribution >= 4 is 67.3 Å². The SMILES string of the molecule is CCOc1cc(/C=C2/C(=N)N3N=C(c4ccccc4Cl)SC3=NC2=O)cc(Br)c1OCc1ccccc1F. The number of nitrogens with one attached hydrogen (secondary N) is 1. The summed E-state index contributed by atoms with van der Waals surface area (Å²) in [4.78, 5) is 17.0. The Labute approximate surface area is 235 Å². The summed E-state index contributed by atoms with van der Waals surface area (Å²) in [6.45, 7) is 2.19. The zero-order valence-electron chi connectivity index (χ0n) is 19.9. The Balaban J connectivity index is 1.44. The van der Waals surface area contributed by atoms with Crippen LogP contribution in [0.2, 0.25) is 5.02 Å². The van der Waals surface area contributed by atoms with Crippen LogP contribution in [-0.4, -0.2) is 33.6 Å². The van der Waals surface area contributed by atoms with Crippen molar-refractivity contribution in [1.29, 1.82) is 5.41 Å². The van der Waals surface area contributed by atoms with Crippen LogP contribution in [0.5, 0.6) is 11.5 Å². The van der Waals surface area contributed by atoms with E-state index in [2.05, 4.69) is 26.0 Å². The molecule has 0 saturated heterocycles. The quantitative estimate of drug-likeness (QED) is 0.293. The molecule has 1 N–H and O–H groups in total. The van der Waals surface area contributed by atoms with Gasteiger partial charge in [-0.2, -0.15) is 15.1 Å². The topological polar surface area (TPSA) is 87.3 Å². The van der Waals surface area contributed by atoms with Gasteiger partial charge in [0.1, 0.15) is 17.5 Å². The van der Waals surface area contributed by atoms with Gasteiger partial charge in [0.25, 0.3) is 5.91 Å². The van der Waals surface area contributed by atoms with E-state index in [1.54, 1.807) is 42.5 Å². The van der Waals surface area contributed by atoms with Gasteiger partial charge < -0.3 is 9.47 Å². The lowest BCUT2D eigenvalue weighted by molar-refractivity contribution is -0.114. The number of carbonyl (C=O) groups excluding carboxylic acids is 1. The number of benzene rings is 3. The molecule has 3 aromatic rings. The van der Waals surface area contributed by atoms with Crippen molar-refractivity contribution in [3.63, 3.8) is 0 Å². The lowest BCUT2D eigenvalue weighted by Crippen LogP contribution is -2.35. The minimum atomic E-state index is -0.557. The Morgan fingerprint density at radius 2 is 1.92 bits per heavy atom. The van der Waals surface area contributed by atoms with E-state index in [-0.39, 0.29) is 23.8 Å². The first-order valence-electron chi connectivity index (χ1n) is 11.4. The number of rotatable bonds is 7. The summed E-state index contributed by atoms with van der Waals surface area (Å²) in [7, 11) is 0. The maximum atomic E-state index is 14.1. The molecule has 2 aliphatic rings. The van der Waals surface area contributed by atoms with Crippen molar-refractivity contribution in [1.82, 2.24) is 5.01 Å². The van der Waals surface area contributed by atoms with Gasteiger partial charge in [-0.25, -0.2) is 4.39 Å². The van der Waals surface area contributed by atoms with Gasteiger partial charge in [0.15, 0.2) is 17.3 Å². The zero-order valence-corrected chi connectivity index (χ0v) is 23.0. The van der Waals surface area contributed by atoms with Gasteiger partial charge in [0.2, 0.25) is 5.17 Å². The summed E-state index contributed by atoms with van der Waals surface area (Å²) < 4.78 is 26.3. The highest BCUT2D eigenvalue weighted by molar-refractivity contribution is 9.10. The van der Waals surface area contributed by atoms with Crippen molar-refractivity contribution in [2.45, 2.75) is 13.5 Å². The van der Waals surface area contributed by atoms with Crippen LogP contribution in [0.4, 0.5) is 4.39 Å². The van der Waals surface area contributed by atoms with Crippen molar-refractivity contribution in [3.05, 3.63) is 98.2 Å². The second-order valence-electron chi connectivity index (χ2n) is 8.05. The largest absolute Gasteiger partial charge is 0.490 e. The van der Waals surface area contributed by atoms with E-state index in [9.17, 15) is 9.18 Å². The molecule has 0 bridgehead atoms. The number of hydrogen-bond donors (Lipinski definition) is 1. The molecule has 11 heteroatoms. The van der Waals surface area contributed by atoms with E-state index < -0.39 is 5.91 Å². The number of ether oxygens (including phenoxy) is 2. The van der Waals surface area contributed by atoms with Crippen LogP contribution in [0, 0.1) is 11.2 Å². The number of thioether (sulfide) groups is 1. The smallest absolute Gasteiger partial charge is 0.283 e. The highest BCUT2D eigenvalue weighted by atomic mass is 79.9. The summed E-state index contributed by atoms with van der Waals surface area (Å²) in [5.41, 5.74) is 1.74. The molecule has 2 heterocycles. The fourth-order valence-corrected chi connectivity index (χ4v) is 5.53. The number of fused-ring (bicyclic) bond motifs is 1. The summed E-state index contributed by atoms with van der Waals surface area (Å²) >= 11 is 11.0. The normalized spacial score (nSPS) is 15.9. The molecule has 0 aliphatic carbocycles. The van der Waals surface area contributed by atoms with Crippen LogP contribution in [0.15, 0.2) is 80.8 Å². The second kappa shape index (κ2) is 11.1. The molecule has 0 fully saturated rings. The van der Waals surface area contributed by atoms with Gasteiger partial charge in [-0.05, 0) is 70.5 Å². The highest BCUT2D eigenvalue weighted by Gasteiger charge is 2.36. The zero-order chi connectivity index (χ0) is 26.8. The summed E-state index contributed by atoms with van der Waals surface area (Å²) in [6, 6.07) is 17.0. The lowest BCUT2D eigenvalue weighted by atomic mass is 10.1. The van der Waals surface area contributed by atoms with Crippen molar-refractivity contribution in [2.24, 2.45) is 10.1 Å². The van der Waals surface area contributed by atoms with Crippen LogP contribution in [0.3, 0.4) is 0 Å². The average Bonchev–Trinajstić information content (AvgIpc) is 3.31. The van der Waals surface area contributed by atoms with Crippen LogP contribution in [0.25, 0.3) is 6.08 Å². The van der Waals surface area contributed by atoms with E-state index in [1.165, 1.54) is 22.8 Å². The number of hydrogen-bond acceptors (Lipinski definition) is 6. The van der Waals surface area contributed by atoms with Crippen LogP contribution in [0.1, 0.15) is 23.6 Å². The predicted molar refractivity (Wildman–Crippen MR) is 152 cm³/mol. The van der Waals surface area contributed by atoms with Crippen molar-refractivity contribution < 1.29 is 18.7 Å². The Kier molecular flexibility index (Phi) is 7.64. The molecule has 0 atom stereocenters. The highest BCUT2D eigenvalue weighted by Crippen LogP contribution is 2.39. The monoisotopic (exact) mass is 612 g/mol. The first kappa shape index (κ1) is 26.1. The van der Waals surface area contributed by atoms with Gasteiger partial charge in [-0.3, -0.25) is 10.2 Å². The first-order chi connectivity index (χ1) is 18.4. The minimum absolute atomic E-state index is 0.00476. The van der Waals surface area contributed by atoms with Crippen LogP contribution in [-0.2, 0) is 11.4 Å². The molecule has 7 nitrogen and oxygen atoms in total. The number of nitrogens with zero attached hydrogens (tertiary/aromatic N) is 3. The first-order valence-corrected chi connectivity index (χ1v) is 13.4. The number of hydrazone groups is 1. The van der Waals surface area contributed by atoms with E-state index >= 15 is 0 Å². The Morgan fingerprint density at radius 1 is 1.16 bits per heavy atom. The summed E-state index contributed by atoms with van der Waals surface area (Å²) in [6.07, 6.45) is 1.55. The molecule has 1 amide bonds. The summed E-state index contributed by atoms with van der Waals surface area (Å²) in [5, 5.41) is 15.8. The maximum Gasteiger partial charge on any atom is 0.283 e. The van der Waals surface area contributed by atoms with E-state index in [0.717, 1.165) is 0 Å². The molecule has 0 spiro atoms. The van der Waals surface area contributed by atoms with Gasteiger partial charge in [0, 0.05) is 11.1 Å². The molecule has 192 valence electrons. The molecule has 38 heavy (non-hydrogen) atoms. The maximum absolute atomic E-state index is 14.1. The van der Waals surface area contributed by atoms with Crippen molar-refractivity contribution in [2.75, 3.05) is 6.61 Å². The Bertz CT molecular complexity index is 1560. The molecule has 0 aromatic heterocycles. The van der Waals surface area contributed by atoms with Gasteiger partial charge in [-0.15, -0.1) is 0 Å². The van der Waals surface area contributed by atoms with Crippen LogP contribution >= 0.6 is 39.3 Å². The van der Waals surface area contributed by atoms with Crippen LogP contribution < -0.4 is 9.47 Å². The molecular weight excluding hydrogens is 595 g/mol. The third-order valence-corrected chi connectivity index (χ3v) is 7.39. The molecule has 0 unspecified atom stereocenters. The van der Waals surface area contributed by atoms with Gasteiger partial charge >= 0.3 is 0 Å². The van der Waals surface area contributed by atoms with Gasteiger partial charge in [0.05, 0.1) is 21.7 Å². The molecule has 0 radical (unpaired) electrons. The average molecular weight is 614 g/mol. The number of halogens is 3. The molecule has 5 rings (SSSR count). The van der Waals surface area contributed by atoms with Crippen molar-refractivity contribution in [3.8, 4) is 11.5 Å². The fraction of sp³-hybridized carbons (Fsp3) is 0.111. The second-order valence-corrected chi connectivity index (χ2v) is 10.3. The standard InChI is InChI=1S/C27H19BrClFN4O3S/c1-2-36-22-13-15(12-19(28)23(22)37-14-16-7-3-6-10-21(16)30)11-18-24(31)34-27(32-25(18)35)38-26(33-34)17-8-4-5-9-20(17)29/h3-13,31H,2,14H2,1H3/b18-11-,31-24?. The molecular formula is C27H19BrClFN4O3S. The third-order valence-electron chi connectivity index (χ3n) is 5.53. The van der Waals surface area contributed by atoms with E-state index in [0.29, 0.717) is 54.5 Å². The fourth-order valence-electron chi connectivity index (χ4n) is 3.74. The number of amidine groups is 2. The summed E-state index contributed by atoms with van der Waals surface area (Å²) in [5.74, 6) is -0.230. The lowest BCUT2D eigenvalue weighted by Gasteiger charge is -2.20. The Hall–Kier alpha value is -3.47. The molecule has 2 aliphatic heterocycles. The third kappa shape index (κ3) is 5.24.